The van der Waals surface area contributed by atoms with E-state index in [1.807, 2.05) is 13.0 Å². The molecule has 18 heavy (non-hydrogen) atoms. The fraction of sp³-hybridized carbons (Fsp3) is 0.571. The maximum absolute atomic E-state index is 11.9. The average molecular weight is 248 g/mol. The molecule has 4 nitrogen and oxygen atoms in total. The molecule has 0 radical (unpaired) electrons. The maximum Gasteiger partial charge on any atom is 0.227 e. The van der Waals surface area contributed by atoms with Crippen molar-refractivity contribution in [3.63, 3.8) is 0 Å². The van der Waals surface area contributed by atoms with Crippen LogP contribution in [0.2, 0.25) is 0 Å². The molecule has 1 aliphatic rings. The smallest absolute Gasteiger partial charge is 0.227 e. The third-order valence-electron chi connectivity index (χ3n) is 3.45. The van der Waals surface area contributed by atoms with E-state index in [-0.39, 0.29) is 12.3 Å². The van der Waals surface area contributed by atoms with Crippen molar-refractivity contribution < 1.29 is 9.90 Å². The SMILES string of the molecule is Cc1cc(NC(=O)CC2(O)CCCCC2)ccn1. The quantitative estimate of drug-likeness (QED) is 0.863. The van der Waals surface area contributed by atoms with Crippen molar-refractivity contribution in [2.75, 3.05) is 5.32 Å². The van der Waals surface area contributed by atoms with Crippen molar-refractivity contribution >= 4 is 11.6 Å². The number of rotatable bonds is 3. The topological polar surface area (TPSA) is 62.2 Å². The highest BCUT2D eigenvalue weighted by Crippen LogP contribution is 2.31. The van der Waals surface area contributed by atoms with Crippen molar-refractivity contribution in [3.05, 3.63) is 24.0 Å². The van der Waals surface area contributed by atoms with Gasteiger partial charge in [0.2, 0.25) is 5.91 Å². The van der Waals surface area contributed by atoms with Crippen LogP contribution in [0.15, 0.2) is 18.3 Å². The number of nitrogens with zero attached hydrogens (tertiary/aromatic N) is 1. The predicted molar refractivity (Wildman–Crippen MR) is 70.3 cm³/mol. The van der Waals surface area contributed by atoms with Gasteiger partial charge in [-0.3, -0.25) is 9.78 Å². The molecule has 4 heteroatoms. The van der Waals surface area contributed by atoms with Crippen molar-refractivity contribution in [2.24, 2.45) is 0 Å². The molecule has 98 valence electrons. The van der Waals surface area contributed by atoms with Crippen molar-refractivity contribution in [3.8, 4) is 0 Å². The van der Waals surface area contributed by atoms with Crippen LogP contribution < -0.4 is 5.32 Å². The summed E-state index contributed by atoms with van der Waals surface area (Å²) in [7, 11) is 0. The van der Waals surface area contributed by atoms with E-state index in [4.69, 9.17) is 0 Å². The zero-order valence-electron chi connectivity index (χ0n) is 10.8. The van der Waals surface area contributed by atoms with Crippen LogP contribution in [-0.2, 0) is 4.79 Å². The fourth-order valence-electron chi connectivity index (χ4n) is 2.51. The zero-order chi connectivity index (χ0) is 13.0. The molecule has 2 rings (SSSR count). The summed E-state index contributed by atoms with van der Waals surface area (Å²) in [6.45, 7) is 1.88. The van der Waals surface area contributed by atoms with E-state index < -0.39 is 5.60 Å². The Bertz CT molecular complexity index is 426. The number of aliphatic hydroxyl groups is 1. The standard InChI is InChI=1S/C14H20N2O2/c1-11-9-12(5-8-15-11)16-13(17)10-14(18)6-3-2-4-7-14/h5,8-9,18H,2-4,6-7,10H2,1H3,(H,15,16,17). The van der Waals surface area contributed by atoms with Crippen LogP contribution in [0.4, 0.5) is 5.69 Å². The lowest BCUT2D eigenvalue weighted by Gasteiger charge is -2.31. The Morgan fingerprint density at radius 3 is 2.83 bits per heavy atom. The summed E-state index contributed by atoms with van der Waals surface area (Å²) in [6, 6.07) is 3.58. The third kappa shape index (κ3) is 3.53. The molecule has 1 aliphatic carbocycles. The predicted octanol–water partition coefficient (Wildman–Crippen LogP) is 2.41. The van der Waals surface area contributed by atoms with Gasteiger partial charge >= 0.3 is 0 Å². The maximum atomic E-state index is 11.9. The first-order valence-corrected chi connectivity index (χ1v) is 6.52. The van der Waals surface area contributed by atoms with E-state index in [9.17, 15) is 9.90 Å². The Morgan fingerprint density at radius 1 is 1.44 bits per heavy atom. The lowest BCUT2D eigenvalue weighted by Crippen LogP contribution is -2.35. The Kier molecular flexibility index (Phi) is 3.97. The minimum atomic E-state index is -0.801. The highest BCUT2D eigenvalue weighted by atomic mass is 16.3. The molecular weight excluding hydrogens is 228 g/mol. The molecule has 1 aromatic rings. The largest absolute Gasteiger partial charge is 0.389 e. The van der Waals surface area contributed by atoms with Gasteiger partial charge in [-0.05, 0) is 31.9 Å². The Balaban J connectivity index is 1.92. The second kappa shape index (κ2) is 5.48. The molecule has 1 amide bonds. The molecule has 1 fully saturated rings. The van der Waals surface area contributed by atoms with E-state index >= 15 is 0 Å². The average Bonchev–Trinajstić information content (AvgIpc) is 2.28. The van der Waals surface area contributed by atoms with Gasteiger partial charge in [0.05, 0.1) is 12.0 Å². The number of anilines is 1. The first-order valence-electron chi connectivity index (χ1n) is 6.52. The molecule has 1 aromatic heterocycles. The second-order valence-corrected chi connectivity index (χ2v) is 5.20. The summed E-state index contributed by atoms with van der Waals surface area (Å²) in [6.07, 6.45) is 6.50. The number of carbonyl (C=O) groups is 1. The highest BCUT2D eigenvalue weighted by molar-refractivity contribution is 5.91. The van der Waals surface area contributed by atoms with E-state index in [1.54, 1.807) is 12.3 Å². The lowest BCUT2D eigenvalue weighted by atomic mass is 9.82. The monoisotopic (exact) mass is 248 g/mol. The van der Waals surface area contributed by atoms with Gasteiger partial charge in [0.1, 0.15) is 0 Å². The van der Waals surface area contributed by atoms with Crippen molar-refractivity contribution in [1.29, 1.82) is 0 Å². The van der Waals surface area contributed by atoms with Crippen LogP contribution in [0.25, 0.3) is 0 Å². The normalized spacial score (nSPS) is 18.3. The van der Waals surface area contributed by atoms with Crippen molar-refractivity contribution in [2.45, 2.75) is 51.0 Å². The number of aryl methyl sites for hydroxylation is 1. The summed E-state index contributed by atoms with van der Waals surface area (Å²) in [4.78, 5) is 16.0. The molecule has 1 saturated carbocycles. The molecule has 0 saturated heterocycles. The number of pyridine rings is 1. The Morgan fingerprint density at radius 2 is 2.17 bits per heavy atom. The number of carbonyl (C=O) groups excluding carboxylic acids is 1. The third-order valence-corrected chi connectivity index (χ3v) is 3.45. The zero-order valence-corrected chi connectivity index (χ0v) is 10.8. The Labute approximate surface area is 107 Å². The molecule has 0 atom stereocenters. The van der Waals surface area contributed by atoms with E-state index in [0.717, 1.165) is 43.5 Å². The first kappa shape index (κ1) is 13.0. The highest BCUT2D eigenvalue weighted by Gasteiger charge is 2.31. The van der Waals surface area contributed by atoms with Crippen molar-refractivity contribution in [1.82, 2.24) is 4.98 Å². The molecule has 0 unspecified atom stereocenters. The van der Waals surface area contributed by atoms with Gasteiger partial charge in [0, 0.05) is 17.6 Å². The van der Waals surface area contributed by atoms with Gasteiger partial charge in [0.25, 0.3) is 0 Å². The van der Waals surface area contributed by atoms with Gasteiger partial charge < -0.3 is 10.4 Å². The van der Waals surface area contributed by atoms with Crippen LogP contribution in [-0.4, -0.2) is 21.6 Å². The lowest BCUT2D eigenvalue weighted by molar-refractivity contribution is -0.122. The number of nitrogens with one attached hydrogen (secondary N) is 1. The van der Waals surface area contributed by atoms with E-state index in [1.165, 1.54) is 0 Å². The van der Waals surface area contributed by atoms with E-state index in [2.05, 4.69) is 10.3 Å². The molecule has 0 bridgehead atoms. The number of hydrogen-bond donors (Lipinski definition) is 2. The van der Waals surface area contributed by atoms with Crippen LogP contribution in [0.5, 0.6) is 0 Å². The Hall–Kier alpha value is -1.42. The number of hydrogen-bond acceptors (Lipinski definition) is 3. The molecule has 2 N–H and O–H groups in total. The van der Waals surface area contributed by atoms with Crippen LogP contribution in [0.3, 0.4) is 0 Å². The van der Waals surface area contributed by atoms with Gasteiger partial charge in [-0.2, -0.15) is 0 Å². The molecule has 0 spiro atoms. The van der Waals surface area contributed by atoms with Gasteiger partial charge in [0.15, 0.2) is 0 Å². The van der Waals surface area contributed by atoms with Gasteiger partial charge in [-0.25, -0.2) is 0 Å². The van der Waals surface area contributed by atoms with Gasteiger partial charge in [-0.1, -0.05) is 19.3 Å². The molecule has 0 aliphatic heterocycles. The number of aromatic nitrogens is 1. The second-order valence-electron chi connectivity index (χ2n) is 5.20. The summed E-state index contributed by atoms with van der Waals surface area (Å²) in [5, 5.41) is 13.1. The molecule has 0 aromatic carbocycles. The summed E-state index contributed by atoms with van der Waals surface area (Å²) in [5.74, 6) is -0.120. The van der Waals surface area contributed by atoms with Crippen LogP contribution in [0.1, 0.15) is 44.2 Å². The minimum Gasteiger partial charge on any atom is -0.389 e. The van der Waals surface area contributed by atoms with Crippen LogP contribution in [0, 0.1) is 6.92 Å². The summed E-state index contributed by atoms with van der Waals surface area (Å²) < 4.78 is 0. The van der Waals surface area contributed by atoms with Crippen LogP contribution >= 0.6 is 0 Å². The summed E-state index contributed by atoms with van der Waals surface area (Å²) >= 11 is 0. The summed E-state index contributed by atoms with van der Waals surface area (Å²) in [5.41, 5.74) is 0.806. The fourth-order valence-corrected chi connectivity index (χ4v) is 2.51. The van der Waals surface area contributed by atoms with Gasteiger partial charge in [-0.15, -0.1) is 0 Å². The number of amides is 1. The van der Waals surface area contributed by atoms with E-state index in [0.29, 0.717) is 0 Å². The first-order chi connectivity index (χ1) is 8.57. The molecular formula is C14H20N2O2. The molecule has 1 heterocycles. The minimum absolute atomic E-state index is 0.120.